The van der Waals surface area contributed by atoms with Crippen LogP contribution in [0.5, 0.6) is 0 Å². The monoisotopic (exact) mass is 202 g/mol. The van der Waals surface area contributed by atoms with Crippen molar-refractivity contribution < 1.29 is 9.90 Å². The van der Waals surface area contributed by atoms with Gasteiger partial charge < -0.3 is 15.7 Å². The van der Waals surface area contributed by atoms with Crippen molar-refractivity contribution in [2.45, 2.75) is 45.6 Å². The summed E-state index contributed by atoms with van der Waals surface area (Å²) in [5.41, 5.74) is 0. The number of aliphatic hydroxyl groups is 1. The standard InChI is InChI=1S/C10H22N2O2/c1-3-4-5-6-7-11-10(14)12-9(2)8-13/h9,13H,3-8H2,1-2H3,(H2,11,12,14). The van der Waals surface area contributed by atoms with Gasteiger partial charge in [-0.05, 0) is 13.3 Å². The molecule has 0 rings (SSSR count). The molecule has 14 heavy (non-hydrogen) atoms. The Balaban J connectivity index is 3.27. The van der Waals surface area contributed by atoms with E-state index in [9.17, 15) is 4.79 Å². The predicted octanol–water partition coefficient (Wildman–Crippen LogP) is 1.25. The van der Waals surface area contributed by atoms with Crippen LogP contribution in [0.1, 0.15) is 39.5 Å². The van der Waals surface area contributed by atoms with Gasteiger partial charge in [0.2, 0.25) is 0 Å². The SMILES string of the molecule is CCCCCCNC(=O)NC(C)CO. The number of rotatable bonds is 7. The Labute approximate surface area is 86.1 Å². The Morgan fingerprint density at radius 2 is 2.07 bits per heavy atom. The van der Waals surface area contributed by atoms with Crippen molar-refractivity contribution in [1.82, 2.24) is 10.6 Å². The predicted molar refractivity (Wildman–Crippen MR) is 57.2 cm³/mol. The number of unbranched alkanes of at least 4 members (excludes halogenated alkanes) is 3. The Morgan fingerprint density at radius 1 is 1.36 bits per heavy atom. The minimum Gasteiger partial charge on any atom is -0.394 e. The normalized spacial score (nSPS) is 12.2. The Kier molecular flexibility index (Phi) is 8.33. The summed E-state index contributed by atoms with van der Waals surface area (Å²) in [4.78, 5) is 11.1. The van der Waals surface area contributed by atoms with E-state index < -0.39 is 0 Å². The van der Waals surface area contributed by atoms with Crippen molar-refractivity contribution in [3.8, 4) is 0 Å². The molecule has 0 aromatic heterocycles. The zero-order valence-electron chi connectivity index (χ0n) is 9.18. The van der Waals surface area contributed by atoms with Crippen molar-refractivity contribution in [2.75, 3.05) is 13.2 Å². The first-order chi connectivity index (χ1) is 6.70. The lowest BCUT2D eigenvalue weighted by atomic mass is 10.2. The summed E-state index contributed by atoms with van der Waals surface area (Å²) in [5, 5.41) is 14.0. The molecule has 0 heterocycles. The average Bonchev–Trinajstić information content (AvgIpc) is 2.17. The number of carbonyl (C=O) groups excluding carboxylic acids is 1. The van der Waals surface area contributed by atoms with Gasteiger partial charge in [0.15, 0.2) is 0 Å². The van der Waals surface area contributed by atoms with E-state index >= 15 is 0 Å². The maximum atomic E-state index is 11.1. The lowest BCUT2D eigenvalue weighted by Crippen LogP contribution is -2.42. The van der Waals surface area contributed by atoms with E-state index in [1.807, 2.05) is 0 Å². The molecule has 0 saturated carbocycles. The number of hydrogen-bond acceptors (Lipinski definition) is 2. The molecule has 0 aliphatic rings. The molecule has 0 fully saturated rings. The maximum Gasteiger partial charge on any atom is 0.315 e. The van der Waals surface area contributed by atoms with Crippen LogP contribution in [-0.2, 0) is 0 Å². The fourth-order valence-electron chi connectivity index (χ4n) is 1.07. The molecule has 0 saturated heterocycles. The van der Waals surface area contributed by atoms with Gasteiger partial charge in [0.25, 0.3) is 0 Å². The second-order valence-corrected chi connectivity index (χ2v) is 3.54. The molecule has 0 aliphatic heterocycles. The van der Waals surface area contributed by atoms with Gasteiger partial charge in [-0.2, -0.15) is 0 Å². The molecule has 2 amide bonds. The van der Waals surface area contributed by atoms with Gasteiger partial charge in [-0.15, -0.1) is 0 Å². The van der Waals surface area contributed by atoms with E-state index in [4.69, 9.17) is 5.11 Å². The molecule has 1 atom stereocenters. The number of hydrogen-bond donors (Lipinski definition) is 3. The molecular weight excluding hydrogens is 180 g/mol. The highest BCUT2D eigenvalue weighted by Gasteiger charge is 2.03. The van der Waals surface area contributed by atoms with Crippen LogP contribution in [0.4, 0.5) is 4.79 Å². The van der Waals surface area contributed by atoms with E-state index in [2.05, 4.69) is 17.6 Å². The third-order valence-electron chi connectivity index (χ3n) is 1.97. The molecule has 3 N–H and O–H groups in total. The molecule has 4 nitrogen and oxygen atoms in total. The number of carbonyl (C=O) groups is 1. The molecular formula is C10H22N2O2. The summed E-state index contributed by atoms with van der Waals surface area (Å²) in [6.07, 6.45) is 4.60. The van der Waals surface area contributed by atoms with Crippen LogP contribution in [0.25, 0.3) is 0 Å². The van der Waals surface area contributed by atoms with Crippen molar-refractivity contribution in [3.63, 3.8) is 0 Å². The summed E-state index contributed by atoms with van der Waals surface area (Å²) in [7, 11) is 0. The van der Waals surface area contributed by atoms with Crippen LogP contribution < -0.4 is 10.6 Å². The minimum absolute atomic E-state index is 0.0245. The summed E-state index contributed by atoms with van der Waals surface area (Å²) in [6, 6.07) is -0.367. The first-order valence-electron chi connectivity index (χ1n) is 5.36. The lowest BCUT2D eigenvalue weighted by molar-refractivity contribution is 0.220. The highest BCUT2D eigenvalue weighted by atomic mass is 16.3. The second kappa shape index (κ2) is 8.81. The van der Waals surface area contributed by atoms with E-state index in [1.165, 1.54) is 12.8 Å². The fraction of sp³-hybridized carbons (Fsp3) is 0.900. The Hall–Kier alpha value is -0.770. The molecule has 84 valence electrons. The van der Waals surface area contributed by atoms with Gasteiger partial charge in [0.05, 0.1) is 12.6 Å². The number of aliphatic hydroxyl groups excluding tert-OH is 1. The van der Waals surface area contributed by atoms with Gasteiger partial charge in [-0.3, -0.25) is 0 Å². The first kappa shape index (κ1) is 13.2. The maximum absolute atomic E-state index is 11.1. The van der Waals surface area contributed by atoms with Crippen LogP contribution in [0.2, 0.25) is 0 Å². The summed E-state index contributed by atoms with van der Waals surface area (Å²) >= 11 is 0. The van der Waals surface area contributed by atoms with E-state index in [-0.39, 0.29) is 18.7 Å². The molecule has 0 aliphatic carbocycles. The van der Waals surface area contributed by atoms with Gasteiger partial charge >= 0.3 is 6.03 Å². The van der Waals surface area contributed by atoms with Crippen molar-refractivity contribution in [2.24, 2.45) is 0 Å². The largest absolute Gasteiger partial charge is 0.394 e. The quantitative estimate of drug-likeness (QED) is 0.544. The van der Waals surface area contributed by atoms with E-state index in [1.54, 1.807) is 6.92 Å². The van der Waals surface area contributed by atoms with E-state index in [0.29, 0.717) is 6.54 Å². The second-order valence-electron chi connectivity index (χ2n) is 3.54. The number of nitrogens with one attached hydrogen (secondary N) is 2. The fourth-order valence-corrected chi connectivity index (χ4v) is 1.07. The van der Waals surface area contributed by atoms with Crippen LogP contribution in [0.3, 0.4) is 0 Å². The smallest absolute Gasteiger partial charge is 0.315 e. The third kappa shape index (κ3) is 7.86. The molecule has 0 spiro atoms. The molecule has 4 heteroatoms. The Morgan fingerprint density at radius 3 is 2.64 bits per heavy atom. The number of amides is 2. The average molecular weight is 202 g/mol. The lowest BCUT2D eigenvalue weighted by Gasteiger charge is -2.11. The minimum atomic E-state index is -0.192. The van der Waals surface area contributed by atoms with E-state index in [0.717, 1.165) is 12.8 Å². The summed E-state index contributed by atoms with van der Waals surface area (Å²) in [6.45, 7) is 4.60. The van der Waals surface area contributed by atoms with Crippen LogP contribution in [0.15, 0.2) is 0 Å². The zero-order valence-corrected chi connectivity index (χ0v) is 9.18. The number of urea groups is 1. The van der Waals surface area contributed by atoms with Gasteiger partial charge in [-0.1, -0.05) is 26.2 Å². The molecule has 0 aromatic rings. The highest BCUT2D eigenvalue weighted by Crippen LogP contribution is 1.96. The van der Waals surface area contributed by atoms with Crippen molar-refractivity contribution in [3.05, 3.63) is 0 Å². The molecule has 0 aromatic carbocycles. The zero-order chi connectivity index (χ0) is 10.8. The molecule has 0 bridgehead atoms. The van der Waals surface area contributed by atoms with Crippen LogP contribution in [0, 0.1) is 0 Å². The summed E-state index contributed by atoms with van der Waals surface area (Å²) < 4.78 is 0. The van der Waals surface area contributed by atoms with Crippen molar-refractivity contribution >= 4 is 6.03 Å². The molecule has 1 unspecified atom stereocenters. The van der Waals surface area contributed by atoms with Gasteiger partial charge in [-0.25, -0.2) is 4.79 Å². The molecule has 0 radical (unpaired) electrons. The van der Waals surface area contributed by atoms with Gasteiger partial charge in [0, 0.05) is 6.54 Å². The first-order valence-corrected chi connectivity index (χ1v) is 5.36. The highest BCUT2D eigenvalue weighted by molar-refractivity contribution is 5.74. The van der Waals surface area contributed by atoms with Crippen LogP contribution in [-0.4, -0.2) is 30.3 Å². The summed E-state index contributed by atoms with van der Waals surface area (Å²) in [5.74, 6) is 0. The topological polar surface area (TPSA) is 61.4 Å². The third-order valence-corrected chi connectivity index (χ3v) is 1.97. The Bertz CT molecular complexity index is 151. The van der Waals surface area contributed by atoms with Gasteiger partial charge in [0.1, 0.15) is 0 Å². The van der Waals surface area contributed by atoms with Crippen LogP contribution >= 0.6 is 0 Å². The van der Waals surface area contributed by atoms with Crippen molar-refractivity contribution in [1.29, 1.82) is 0 Å².